The van der Waals surface area contributed by atoms with Crippen molar-refractivity contribution in [3.05, 3.63) is 30.6 Å². The summed E-state index contributed by atoms with van der Waals surface area (Å²) in [7, 11) is 0. The van der Waals surface area contributed by atoms with Gasteiger partial charge in [-0.1, -0.05) is 0 Å². The molecule has 0 spiro atoms. The van der Waals surface area contributed by atoms with Crippen molar-refractivity contribution in [2.45, 2.75) is 19.8 Å². The molecule has 0 bridgehead atoms. The largest absolute Gasteiger partial charge is 0.464 e. The number of rotatable bonds is 5. The molecule has 7 heteroatoms. The third-order valence-electron chi connectivity index (χ3n) is 3.89. The highest BCUT2D eigenvalue weighted by molar-refractivity contribution is 5.95. The van der Waals surface area contributed by atoms with Crippen molar-refractivity contribution in [1.82, 2.24) is 19.9 Å². The molecule has 0 aromatic carbocycles. The summed E-state index contributed by atoms with van der Waals surface area (Å²) in [6.45, 7) is 2.41. The molecule has 1 aliphatic rings. The number of nitrogens with one attached hydrogen (secondary N) is 2. The highest BCUT2D eigenvalue weighted by Gasteiger charge is 2.29. The number of aromatic nitrogens is 4. The maximum atomic E-state index is 11.8. The molecule has 0 radical (unpaired) electrons. The van der Waals surface area contributed by atoms with Gasteiger partial charge in [-0.3, -0.25) is 4.79 Å². The van der Waals surface area contributed by atoms with E-state index in [1.54, 1.807) is 12.4 Å². The van der Waals surface area contributed by atoms with Gasteiger partial charge >= 0.3 is 6.01 Å². The van der Waals surface area contributed by atoms with E-state index in [9.17, 15) is 4.79 Å². The van der Waals surface area contributed by atoms with Crippen molar-refractivity contribution in [2.24, 2.45) is 5.92 Å². The summed E-state index contributed by atoms with van der Waals surface area (Å²) in [4.78, 5) is 27.9. The smallest absolute Gasteiger partial charge is 0.316 e. The Balaban J connectivity index is 1.62. The first-order valence-electron chi connectivity index (χ1n) is 7.99. The van der Waals surface area contributed by atoms with Gasteiger partial charge in [-0.15, -0.1) is 0 Å². The normalized spacial score (nSPS) is 13.9. The number of fused-ring (bicyclic) bond motifs is 1. The summed E-state index contributed by atoms with van der Waals surface area (Å²) in [5, 5.41) is 3.81. The Labute approximate surface area is 138 Å². The van der Waals surface area contributed by atoms with Crippen LogP contribution < -0.4 is 10.1 Å². The molecular weight excluding hydrogens is 306 g/mol. The molecule has 24 heavy (non-hydrogen) atoms. The number of hydrogen-bond acceptors (Lipinski definition) is 5. The third kappa shape index (κ3) is 2.92. The minimum absolute atomic E-state index is 0.0470. The Morgan fingerprint density at radius 1 is 1.38 bits per heavy atom. The molecule has 0 atom stereocenters. The van der Waals surface area contributed by atoms with E-state index in [-0.39, 0.29) is 11.8 Å². The van der Waals surface area contributed by atoms with Crippen molar-refractivity contribution in [3.8, 4) is 17.4 Å². The van der Waals surface area contributed by atoms with Crippen LogP contribution in [0.25, 0.3) is 22.3 Å². The summed E-state index contributed by atoms with van der Waals surface area (Å²) in [5.74, 6) is 0.760. The van der Waals surface area contributed by atoms with E-state index < -0.39 is 0 Å². The van der Waals surface area contributed by atoms with Crippen LogP contribution in [0, 0.1) is 5.92 Å². The predicted octanol–water partition coefficient (Wildman–Crippen LogP) is 2.77. The van der Waals surface area contributed by atoms with Crippen molar-refractivity contribution < 1.29 is 9.53 Å². The fraction of sp³-hybridized carbons (Fsp3) is 0.294. The first-order chi connectivity index (χ1) is 11.7. The average molecular weight is 323 g/mol. The Morgan fingerprint density at radius 2 is 2.25 bits per heavy atom. The lowest BCUT2D eigenvalue weighted by atomic mass is 10.2. The van der Waals surface area contributed by atoms with Crippen LogP contribution in [-0.2, 0) is 4.79 Å². The van der Waals surface area contributed by atoms with Gasteiger partial charge in [-0.05, 0) is 31.9 Å². The first kappa shape index (κ1) is 14.6. The van der Waals surface area contributed by atoms with Gasteiger partial charge in [-0.2, -0.15) is 4.98 Å². The lowest BCUT2D eigenvalue weighted by Crippen LogP contribution is -2.14. The van der Waals surface area contributed by atoms with E-state index in [0.717, 1.165) is 35.1 Å². The molecule has 3 aromatic heterocycles. The summed E-state index contributed by atoms with van der Waals surface area (Å²) >= 11 is 0. The molecule has 122 valence electrons. The molecule has 0 unspecified atom stereocenters. The monoisotopic (exact) mass is 323 g/mol. The van der Waals surface area contributed by atoms with Crippen LogP contribution in [0.5, 0.6) is 6.01 Å². The van der Waals surface area contributed by atoms with Gasteiger partial charge in [-0.25, -0.2) is 9.97 Å². The van der Waals surface area contributed by atoms with E-state index in [0.29, 0.717) is 18.4 Å². The number of carbonyl (C=O) groups is 1. The zero-order chi connectivity index (χ0) is 16.5. The lowest BCUT2D eigenvalue weighted by molar-refractivity contribution is -0.117. The lowest BCUT2D eigenvalue weighted by Gasteiger charge is -2.02. The first-order valence-corrected chi connectivity index (χ1v) is 7.99. The summed E-state index contributed by atoms with van der Waals surface area (Å²) in [6.07, 6.45) is 5.34. The van der Waals surface area contributed by atoms with Gasteiger partial charge in [0.2, 0.25) is 5.91 Å². The fourth-order valence-corrected chi connectivity index (χ4v) is 2.50. The maximum Gasteiger partial charge on any atom is 0.316 e. The highest BCUT2D eigenvalue weighted by atomic mass is 16.5. The maximum absolute atomic E-state index is 11.8. The molecule has 0 saturated heterocycles. The number of anilines is 1. The second-order valence-electron chi connectivity index (χ2n) is 5.76. The van der Waals surface area contributed by atoms with Gasteiger partial charge in [0, 0.05) is 29.8 Å². The average Bonchev–Trinajstić information content (AvgIpc) is 3.35. The van der Waals surface area contributed by atoms with Crippen LogP contribution >= 0.6 is 0 Å². The minimum atomic E-state index is 0.0470. The second-order valence-corrected chi connectivity index (χ2v) is 5.76. The SMILES string of the molecule is CCOc1nccc(-c2cc3cnc(NC(=O)C4CC4)cc3[nH]2)n1. The van der Waals surface area contributed by atoms with E-state index >= 15 is 0 Å². The standard InChI is InChI=1S/C17H17N5O2/c1-2-24-17-18-6-5-12(21-17)14-7-11-9-19-15(8-13(11)20-14)22-16(23)10-3-4-10/h5-10,20H,2-4H2,1H3,(H,19,22,23). The quantitative estimate of drug-likeness (QED) is 0.753. The van der Waals surface area contributed by atoms with Crippen LogP contribution in [0.2, 0.25) is 0 Å². The zero-order valence-corrected chi connectivity index (χ0v) is 13.2. The number of pyridine rings is 1. The molecule has 1 amide bonds. The number of nitrogens with zero attached hydrogens (tertiary/aromatic N) is 3. The van der Waals surface area contributed by atoms with Gasteiger partial charge in [0.15, 0.2) is 0 Å². The van der Waals surface area contributed by atoms with Gasteiger partial charge in [0.1, 0.15) is 5.82 Å². The Morgan fingerprint density at radius 3 is 3.04 bits per heavy atom. The fourth-order valence-electron chi connectivity index (χ4n) is 2.50. The summed E-state index contributed by atoms with van der Waals surface area (Å²) in [6, 6.07) is 5.97. The topological polar surface area (TPSA) is 92.8 Å². The summed E-state index contributed by atoms with van der Waals surface area (Å²) in [5.41, 5.74) is 2.48. The number of aromatic amines is 1. The molecule has 7 nitrogen and oxygen atoms in total. The van der Waals surface area contributed by atoms with Gasteiger partial charge in [0.25, 0.3) is 0 Å². The zero-order valence-electron chi connectivity index (χ0n) is 13.2. The van der Waals surface area contributed by atoms with Gasteiger partial charge in [0.05, 0.1) is 23.5 Å². The van der Waals surface area contributed by atoms with Crippen molar-refractivity contribution in [1.29, 1.82) is 0 Å². The number of amides is 1. The number of hydrogen-bond donors (Lipinski definition) is 2. The molecule has 1 saturated carbocycles. The number of ether oxygens (including phenoxy) is 1. The number of carbonyl (C=O) groups excluding carboxylic acids is 1. The molecular formula is C17H17N5O2. The van der Waals surface area contributed by atoms with Crippen molar-refractivity contribution in [2.75, 3.05) is 11.9 Å². The van der Waals surface area contributed by atoms with E-state index in [1.807, 2.05) is 25.1 Å². The van der Waals surface area contributed by atoms with E-state index in [2.05, 4.69) is 25.3 Å². The molecule has 1 fully saturated rings. The Bertz CT molecular complexity index is 901. The molecule has 1 aliphatic carbocycles. The second kappa shape index (κ2) is 5.92. The van der Waals surface area contributed by atoms with Crippen LogP contribution in [0.3, 0.4) is 0 Å². The molecule has 2 N–H and O–H groups in total. The number of H-pyrrole nitrogens is 1. The van der Waals surface area contributed by atoms with Crippen LogP contribution in [0.4, 0.5) is 5.82 Å². The van der Waals surface area contributed by atoms with E-state index in [1.165, 1.54) is 0 Å². The highest BCUT2D eigenvalue weighted by Crippen LogP contribution is 2.30. The molecule has 4 rings (SSSR count). The third-order valence-corrected chi connectivity index (χ3v) is 3.89. The van der Waals surface area contributed by atoms with Crippen LogP contribution in [0.15, 0.2) is 30.6 Å². The van der Waals surface area contributed by atoms with E-state index in [4.69, 9.17) is 4.74 Å². The van der Waals surface area contributed by atoms with Crippen molar-refractivity contribution in [3.63, 3.8) is 0 Å². The molecule has 3 aromatic rings. The van der Waals surface area contributed by atoms with Crippen LogP contribution in [0.1, 0.15) is 19.8 Å². The molecule has 3 heterocycles. The van der Waals surface area contributed by atoms with Gasteiger partial charge < -0.3 is 15.0 Å². The molecule has 0 aliphatic heterocycles. The Hall–Kier alpha value is -2.96. The Kier molecular flexibility index (Phi) is 3.60. The summed E-state index contributed by atoms with van der Waals surface area (Å²) < 4.78 is 5.34. The predicted molar refractivity (Wildman–Crippen MR) is 89.6 cm³/mol. The van der Waals surface area contributed by atoms with Crippen molar-refractivity contribution >= 4 is 22.6 Å². The minimum Gasteiger partial charge on any atom is -0.464 e. The van der Waals surface area contributed by atoms with Crippen LogP contribution in [-0.4, -0.2) is 32.4 Å².